The molecular formula is C20H23N5O. The highest BCUT2D eigenvalue weighted by molar-refractivity contribution is 5.92. The lowest BCUT2D eigenvalue weighted by atomic mass is 10.1. The van der Waals surface area contributed by atoms with Gasteiger partial charge >= 0.3 is 0 Å². The summed E-state index contributed by atoms with van der Waals surface area (Å²) in [6.07, 6.45) is 9.89. The molecule has 26 heavy (non-hydrogen) atoms. The quantitative estimate of drug-likeness (QED) is 0.728. The molecule has 0 unspecified atom stereocenters. The smallest absolute Gasteiger partial charge is 0.273 e. The minimum atomic E-state index is -0.00731. The number of hydrogen-bond donors (Lipinski definition) is 0. The minimum Gasteiger partial charge on any atom is -0.353 e. The van der Waals surface area contributed by atoms with Gasteiger partial charge in [-0.05, 0) is 43.2 Å². The van der Waals surface area contributed by atoms with Gasteiger partial charge in [0.15, 0.2) is 5.82 Å². The largest absolute Gasteiger partial charge is 0.353 e. The normalized spacial score (nSPS) is 17.9. The number of nitrogens with zero attached hydrogens (tertiary/aromatic N) is 5. The van der Waals surface area contributed by atoms with Gasteiger partial charge in [-0.15, -0.1) is 0 Å². The predicted octanol–water partition coefficient (Wildman–Crippen LogP) is 3.36. The molecule has 1 aliphatic rings. The zero-order chi connectivity index (χ0) is 17.9. The SMILES string of the molecule is Cn1cccc1[C@@H]1CCCCCN1C(=O)c1cccc(-n2cccn2)n1. The first-order valence-corrected chi connectivity index (χ1v) is 9.13. The van der Waals surface area contributed by atoms with Crippen LogP contribution in [0.5, 0.6) is 0 Å². The van der Waals surface area contributed by atoms with Crippen LogP contribution in [0.2, 0.25) is 0 Å². The average Bonchev–Trinajstić information content (AvgIpc) is 3.29. The number of carbonyl (C=O) groups is 1. The van der Waals surface area contributed by atoms with E-state index in [9.17, 15) is 4.79 Å². The fourth-order valence-corrected chi connectivity index (χ4v) is 3.70. The molecule has 6 nitrogen and oxygen atoms in total. The maximum Gasteiger partial charge on any atom is 0.273 e. The number of rotatable bonds is 3. The second kappa shape index (κ2) is 7.15. The van der Waals surface area contributed by atoms with Crippen LogP contribution in [-0.2, 0) is 7.05 Å². The van der Waals surface area contributed by atoms with Gasteiger partial charge in [-0.1, -0.05) is 18.9 Å². The molecule has 1 fully saturated rings. The van der Waals surface area contributed by atoms with Gasteiger partial charge < -0.3 is 9.47 Å². The Hall–Kier alpha value is -2.89. The van der Waals surface area contributed by atoms with Gasteiger partial charge in [-0.2, -0.15) is 5.10 Å². The van der Waals surface area contributed by atoms with Gasteiger partial charge in [0.2, 0.25) is 0 Å². The Morgan fingerprint density at radius 1 is 1.08 bits per heavy atom. The third-order valence-corrected chi connectivity index (χ3v) is 5.03. The van der Waals surface area contributed by atoms with E-state index in [0.29, 0.717) is 11.5 Å². The summed E-state index contributed by atoms with van der Waals surface area (Å²) in [4.78, 5) is 19.9. The summed E-state index contributed by atoms with van der Waals surface area (Å²) in [7, 11) is 2.04. The Kier molecular flexibility index (Phi) is 4.56. The Bertz CT molecular complexity index is 883. The standard InChI is InChI=1S/C20H23N5O/c1-23-13-6-10-17(23)18-9-3-2-4-14-24(18)20(26)16-8-5-11-19(22-16)25-15-7-12-21-25/h5-8,10-13,15,18H,2-4,9,14H2,1H3/t18-/m0/s1. The molecule has 1 aliphatic heterocycles. The van der Waals surface area contributed by atoms with Crippen molar-refractivity contribution in [2.45, 2.75) is 31.7 Å². The molecule has 4 rings (SSSR count). The van der Waals surface area contributed by atoms with Gasteiger partial charge in [0.25, 0.3) is 5.91 Å². The van der Waals surface area contributed by atoms with Crippen molar-refractivity contribution in [3.05, 3.63) is 66.4 Å². The summed E-state index contributed by atoms with van der Waals surface area (Å²) in [5.74, 6) is 0.651. The topological polar surface area (TPSA) is 56.0 Å². The Morgan fingerprint density at radius 3 is 2.77 bits per heavy atom. The van der Waals surface area contributed by atoms with Crippen LogP contribution in [0.25, 0.3) is 5.82 Å². The van der Waals surface area contributed by atoms with Gasteiger partial charge in [-0.25, -0.2) is 9.67 Å². The number of amides is 1. The molecule has 0 radical (unpaired) electrons. The molecule has 0 aliphatic carbocycles. The first-order chi connectivity index (χ1) is 12.7. The molecule has 0 aromatic carbocycles. The summed E-state index contributed by atoms with van der Waals surface area (Å²) in [5.41, 5.74) is 1.66. The van der Waals surface area contributed by atoms with Crippen LogP contribution in [0.15, 0.2) is 55.0 Å². The summed E-state index contributed by atoms with van der Waals surface area (Å²) in [6.45, 7) is 0.766. The lowest BCUT2D eigenvalue weighted by molar-refractivity contribution is 0.0668. The van der Waals surface area contributed by atoms with Gasteiger partial charge in [0.1, 0.15) is 5.69 Å². The van der Waals surface area contributed by atoms with Crippen LogP contribution in [-0.4, -0.2) is 36.7 Å². The number of aryl methyl sites for hydroxylation is 1. The van der Waals surface area contributed by atoms with Crippen molar-refractivity contribution >= 4 is 5.91 Å². The predicted molar refractivity (Wildman–Crippen MR) is 99.0 cm³/mol. The average molecular weight is 349 g/mol. The number of likely N-dealkylation sites (tertiary alicyclic amines) is 1. The fraction of sp³-hybridized carbons (Fsp3) is 0.350. The number of aromatic nitrogens is 4. The molecule has 3 aromatic heterocycles. The molecule has 0 N–H and O–H groups in total. The molecule has 1 saturated heterocycles. The molecule has 0 saturated carbocycles. The highest BCUT2D eigenvalue weighted by Gasteiger charge is 2.29. The minimum absolute atomic E-state index is 0.00731. The van der Waals surface area contributed by atoms with E-state index in [1.807, 2.05) is 48.6 Å². The molecule has 4 heterocycles. The van der Waals surface area contributed by atoms with E-state index >= 15 is 0 Å². The fourth-order valence-electron chi connectivity index (χ4n) is 3.70. The summed E-state index contributed by atoms with van der Waals surface area (Å²) >= 11 is 0. The first kappa shape index (κ1) is 16.6. The number of pyridine rings is 1. The van der Waals surface area contributed by atoms with E-state index in [4.69, 9.17) is 0 Å². The molecule has 1 amide bonds. The number of hydrogen-bond acceptors (Lipinski definition) is 3. The van der Waals surface area contributed by atoms with Crippen LogP contribution >= 0.6 is 0 Å². The maximum atomic E-state index is 13.3. The van der Waals surface area contributed by atoms with Crippen molar-refractivity contribution in [2.24, 2.45) is 7.05 Å². The Labute approximate surface area is 153 Å². The van der Waals surface area contributed by atoms with E-state index in [2.05, 4.69) is 20.7 Å². The molecule has 134 valence electrons. The van der Waals surface area contributed by atoms with E-state index in [1.165, 1.54) is 5.69 Å². The summed E-state index contributed by atoms with van der Waals surface area (Å²) in [5, 5.41) is 4.21. The Morgan fingerprint density at radius 2 is 2.00 bits per heavy atom. The third kappa shape index (κ3) is 3.14. The third-order valence-electron chi connectivity index (χ3n) is 5.03. The lowest BCUT2D eigenvalue weighted by Crippen LogP contribution is -2.36. The van der Waals surface area contributed by atoms with Gasteiger partial charge in [0, 0.05) is 37.9 Å². The number of carbonyl (C=O) groups excluding carboxylic acids is 1. The Balaban J connectivity index is 1.67. The molecule has 6 heteroatoms. The molecule has 0 bridgehead atoms. The van der Waals surface area contributed by atoms with Crippen molar-refractivity contribution in [1.29, 1.82) is 0 Å². The van der Waals surface area contributed by atoms with Crippen LogP contribution in [0.3, 0.4) is 0 Å². The van der Waals surface area contributed by atoms with Crippen molar-refractivity contribution in [3.63, 3.8) is 0 Å². The molecular weight excluding hydrogens is 326 g/mol. The van der Waals surface area contributed by atoms with Crippen molar-refractivity contribution in [2.75, 3.05) is 6.54 Å². The first-order valence-electron chi connectivity index (χ1n) is 9.13. The second-order valence-electron chi connectivity index (χ2n) is 6.74. The van der Waals surface area contributed by atoms with E-state index in [0.717, 1.165) is 32.2 Å². The van der Waals surface area contributed by atoms with E-state index in [-0.39, 0.29) is 11.9 Å². The molecule has 0 spiro atoms. The zero-order valence-electron chi connectivity index (χ0n) is 15.0. The van der Waals surface area contributed by atoms with Crippen LogP contribution in [0.1, 0.15) is 47.9 Å². The molecule has 3 aromatic rings. The van der Waals surface area contributed by atoms with Gasteiger partial charge in [-0.3, -0.25) is 4.79 Å². The van der Waals surface area contributed by atoms with Crippen molar-refractivity contribution in [3.8, 4) is 5.82 Å². The summed E-state index contributed by atoms with van der Waals surface area (Å²) < 4.78 is 3.79. The van der Waals surface area contributed by atoms with Crippen molar-refractivity contribution in [1.82, 2.24) is 24.2 Å². The van der Waals surface area contributed by atoms with Crippen LogP contribution in [0.4, 0.5) is 0 Å². The zero-order valence-corrected chi connectivity index (χ0v) is 15.0. The van der Waals surface area contributed by atoms with Crippen LogP contribution < -0.4 is 0 Å². The van der Waals surface area contributed by atoms with Gasteiger partial charge in [0.05, 0.1) is 6.04 Å². The summed E-state index contributed by atoms with van der Waals surface area (Å²) in [6, 6.07) is 11.6. The highest BCUT2D eigenvalue weighted by Crippen LogP contribution is 2.31. The molecule has 1 atom stereocenters. The van der Waals surface area contributed by atoms with Crippen LogP contribution in [0, 0.1) is 0 Å². The lowest BCUT2D eigenvalue weighted by Gasteiger charge is -2.30. The van der Waals surface area contributed by atoms with E-state index in [1.54, 1.807) is 16.9 Å². The maximum absolute atomic E-state index is 13.3. The van der Waals surface area contributed by atoms with E-state index < -0.39 is 0 Å². The second-order valence-corrected chi connectivity index (χ2v) is 6.74. The monoisotopic (exact) mass is 349 g/mol. The highest BCUT2D eigenvalue weighted by atomic mass is 16.2. The van der Waals surface area contributed by atoms with Crippen molar-refractivity contribution < 1.29 is 4.79 Å².